The fourth-order valence-electron chi connectivity index (χ4n) is 1.78. The van der Waals surface area contributed by atoms with Gasteiger partial charge in [0.15, 0.2) is 0 Å². The van der Waals surface area contributed by atoms with Gasteiger partial charge in [-0.3, -0.25) is 4.90 Å². The third kappa shape index (κ3) is 1.95. The summed E-state index contributed by atoms with van der Waals surface area (Å²) in [5, 5.41) is -0.134. The molecule has 2 atom stereocenters. The van der Waals surface area contributed by atoms with Crippen LogP contribution in [-0.2, 0) is 4.74 Å². The molecule has 0 radical (unpaired) electrons. The fourth-order valence-corrected chi connectivity index (χ4v) is 2.03. The van der Waals surface area contributed by atoms with E-state index in [1.807, 2.05) is 37.3 Å². The lowest BCUT2D eigenvalue weighted by molar-refractivity contribution is 0.156. The van der Waals surface area contributed by atoms with Gasteiger partial charge in [0.1, 0.15) is 6.61 Å². The number of nitrogens with zero attached hydrogens (tertiary/aromatic N) is 1. The number of carbonyl (C=O) groups is 1. The van der Waals surface area contributed by atoms with Crippen LogP contribution in [0.5, 0.6) is 0 Å². The lowest BCUT2D eigenvalue weighted by Gasteiger charge is -2.24. The third-order valence-corrected chi connectivity index (χ3v) is 2.75. The average Bonchev–Trinajstić information content (AvgIpc) is 2.61. The van der Waals surface area contributed by atoms with Crippen LogP contribution >= 0.6 is 12.6 Å². The minimum Gasteiger partial charge on any atom is -0.447 e. The molecule has 3 nitrogen and oxygen atoms in total. The molecule has 1 aliphatic heterocycles. The Kier molecular flexibility index (Phi) is 2.86. The molecule has 0 N–H and O–H groups in total. The van der Waals surface area contributed by atoms with Gasteiger partial charge in [-0.1, -0.05) is 30.3 Å². The van der Waals surface area contributed by atoms with Crippen molar-refractivity contribution in [2.45, 2.75) is 18.3 Å². The third-order valence-electron chi connectivity index (χ3n) is 2.50. The number of amides is 1. The Hall–Kier alpha value is -1.16. The molecule has 4 heteroatoms. The first-order chi connectivity index (χ1) is 7.20. The number of thiol groups is 1. The molecule has 15 heavy (non-hydrogen) atoms. The molecule has 1 aromatic rings. The first-order valence-electron chi connectivity index (χ1n) is 4.88. The highest BCUT2D eigenvalue weighted by Gasteiger charge is 2.35. The highest BCUT2D eigenvalue weighted by Crippen LogP contribution is 2.30. The maximum Gasteiger partial charge on any atom is 0.411 e. The quantitative estimate of drug-likeness (QED) is 0.780. The minimum atomic E-state index is -0.286. The Bertz CT molecular complexity index is 353. The van der Waals surface area contributed by atoms with Gasteiger partial charge in [0.05, 0.1) is 11.4 Å². The van der Waals surface area contributed by atoms with Crippen LogP contribution in [0.2, 0.25) is 0 Å². The van der Waals surface area contributed by atoms with Crippen LogP contribution < -0.4 is 0 Å². The number of hydrogen-bond acceptors (Lipinski definition) is 3. The first kappa shape index (κ1) is 10.4. The van der Waals surface area contributed by atoms with E-state index in [0.717, 1.165) is 5.56 Å². The van der Waals surface area contributed by atoms with E-state index in [0.29, 0.717) is 6.61 Å². The summed E-state index contributed by atoms with van der Waals surface area (Å²) in [7, 11) is 0. The molecule has 0 aromatic heterocycles. The molecule has 80 valence electrons. The lowest BCUT2D eigenvalue weighted by atomic mass is 10.1. The molecule has 1 amide bonds. The van der Waals surface area contributed by atoms with Crippen molar-refractivity contribution in [1.82, 2.24) is 4.90 Å². The molecule has 0 unspecified atom stereocenters. The molecular weight excluding hydrogens is 210 g/mol. The van der Waals surface area contributed by atoms with Gasteiger partial charge in [-0.25, -0.2) is 4.79 Å². The van der Waals surface area contributed by atoms with Crippen LogP contribution in [0.25, 0.3) is 0 Å². The fraction of sp³-hybridized carbons (Fsp3) is 0.364. The highest BCUT2D eigenvalue weighted by atomic mass is 32.1. The van der Waals surface area contributed by atoms with Crippen molar-refractivity contribution in [2.75, 3.05) is 6.61 Å². The van der Waals surface area contributed by atoms with Gasteiger partial charge >= 0.3 is 6.09 Å². The maximum atomic E-state index is 11.5. The summed E-state index contributed by atoms with van der Waals surface area (Å²) < 4.78 is 5.03. The number of rotatable bonds is 2. The Morgan fingerprint density at radius 2 is 2.13 bits per heavy atom. The minimum absolute atomic E-state index is 0.00815. The van der Waals surface area contributed by atoms with E-state index in [9.17, 15) is 4.79 Å². The smallest absolute Gasteiger partial charge is 0.411 e. The topological polar surface area (TPSA) is 29.5 Å². The van der Waals surface area contributed by atoms with Gasteiger partial charge in [0, 0.05) is 0 Å². The van der Waals surface area contributed by atoms with E-state index >= 15 is 0 Å². The Labute approximate surface area is 94.4 Å². The highest BCUT2D eigenvalue weighted by molar-refractivity contribution is 7.80. The molecule has 0 aliphatic carbocycles. The second kappa shape index (κ2) is 4.14. The van der Waals surface area contributed by atoms with Crippen LogP contribution in [0.1, 0.15) is 18.5 Å². The van der Waals surface area contributed by atoms with Crippen LogP contribution in [0.3, 0.4) is 0 Å². The van der Waals surface area contributed by atoms with Gasteiger partial charge in [-0.15, -0.1) is 0 Å². The molecule has 0 spiro atoms. The van der Waals surface area contributed by atoms with Crippen LogP contribution in [0, 0.1) is 0 Å². The summed E-state index contributed by atoms with van der Waals surface area (Å²) in [4.78, 5) is 13.1. The van der Waals surface area contributed by atoms with Gasteiger partial charge in [-0.2, -0.15) is 12.6 Å². The summed E-state index contributed by atoms with van der Waals surface area (Å²) in [6, 6.07) is 9.85. The van der Waals surface area contributed by atoms with E-state index in [-0.39, 0.29) is 17.5 Å². The molecule has 1 heterocycles. The lowest BCUT2D eigenvalue weighted by Crippen LogP contribution is -2.32. The van der Waals surface area contributed by atoms with Crippen molar-refractivity contribution in [3.63, 3.8) is 0 Å². The standard InChI is InChI=1S/C11H13NO2S/c1-8(15)12-10(7-14-11(12)13)9-5-3-2-4-6-9/h2-6,8,10,15H,7H2,1H3/t8-,10+/m0/s1. The molecule has 1 aromatic carbocycles. The maximum absolute atomic E-state index is 11.5. The second-order valence-electron chi connectivity index (χ2n) is 3.54. The Morgan fingerprint density at radius 1 is 1.47 bits per heavy atom. The molecular formula is C11H13NO2S. The largest absolute Gasteiger partial charge is 0.447 e. The summed E-state index contributed by atoms with van der Waals surface area (Å²) in [6.07, 6.45) is -0.286. The number of ether oxygens (including phenoxy) is 1. The molecule has 1 fully saturated rings. The van der Waals surface area contributed by atoms with Crippen molar-refractivity contribution < 1.29 is 9.53 Å². The van der Waals surface area contributed by atoms with Crippen molar-refractivity contribution in [2.24, 2.45) is 0 Å². The monoisotopic (exact) mass is 223 g/mol. The van der Waals surface area contributed by atoms with E-state index in [1.54, 1.807) is 4.90 Å². The van der Waals surface area contributed by atoms with E-state index in [2.05, 4.69) is 12.6 Å². The van der Waals surface area contributed by atoms with Crippen LogP contribution in [-0.4, -0.2) is 23.0 Å². The molecule has 1 aliphatic rings. The number of carbonyl (C=O) groups excluding carboxylic acids is 1. The summed E-state index contributed by atoms with van der Waals surface area (Å²) >= 11 is 4.29. The van der Waals surface area contributed by atoms with Crippen molar-refractivity contribution >= 4 is 18.7 Å². The number of cyclic esters (lactones) is 1. The van der Waals surface area contributed by atoms with Crippen molar-refractivity contribution in [1.29, 1.82) is 0 Å². The second-order valence-corrected chi connectivity index (χ2v) is 4.29. The zero-order chi connectivity index (χ0) is 10.8. The van der Waals surface area contributed by atoms with Crippen LogP contribution in [0.4, 0.5) is 4.79 Å². The predicted molar refractivity (Wildman–Crippen MR) is 60.8 cm³/mol. The van der Waals surface area contributed by atoms with E-state index in [4.69, 9.17) is 4.74 Å². The molecule has 2 rings (SSSR count). The van der Waals surface area contributed by atoms with Gasteiger partial charge < -0.3 is 4.74 Å². The number of benzene rings is 1. The average molecular weight is 223 g/mol. The van der Waals surface area contributed by atoms with Crippen LogP contribution in [0.15, 0.2) is 30.3 Å². The predicted octanol–water partition coefficient (Wildman–Crippen LogP) is 2.46. The summed E-state index contributed by atoms with van der Waals surface area (Å²) in [6.45, 7) is 2.28. The molecule has 0 saturated carbocycles. The SMILES string of the molecule is C[C@H](S)N1C(=O)OC[C@@H]1c1ccccc1. The zero-order valence-corrected chi connectivity index (χ0v) is 9.35. The number of hydrogen-bond donors (Lipinski definition) is 1. The van der Waals surface area contributed by atoms with Gasteiger partial charge in [0.25, 0.3) is 0 Å². The van der Waals surface area contributed by atoms with Crippen molar-refractivity contribution in [3.8, 4) is 0 Å². The van der Waals surface area contributed by atoms with Gasteiger partial charge in [0.2, 0.25) is 0 Å². The zero-order valence-electron chi connectivity index (χ0n) is 8.46. The van der Waals surface area contributed by atoms with E-state index in [1.165, 1.54) is 0 Å². The Balaban J connectivity index is 2.26. The Morgan fingerprint density at radius 3 is 2.73 bits per heavy atom. The summed E-state index contributed by atoms with van der Waals surface area (Å²) in [5.74, 6) is 0. The molecule has 1 saturated heterocycles. The van der Waals surface area contributed by atoms with Gasteiger partial charge in [-0.05, 0) is 12.5 Å². The normalized spacial score (nSPS) is 22.7. The first-order valence-corrected chi connectivity index (χ1v) is 5.40. The molecule has 0 bridgehead atoms. The summed E-state index contributed by atoms with van der Waals surface area (Å²) in [5.41, 5.74) is 1.09. The van der Waals surface area contributed by atoms with E-state index < -0.39 is 0 Å². The van der Waals surface area contributed by atoms with Crippen molar-refractivity contribution in [3.05, 3.63) is 35.9 Å².